The quantitative estimate of drug-likeness (QED) is 0.631. The number of hydrogen-bond donors (Lipinski definition) is 2. The van der Waals surface area contributed by atoms with Crippen molar-refractivity contribution >= 4 is 17.6 Å². The summed E-state index contributed by atoms with van der Waals surface area (Å²) in [6.07, 6.45) is 1.67. The van der Waals surface area contributed by atoms with Gasteiger partial charge in [0.1, 0.15) is 0 Å². The second-order valence-electron chi connectivity index (χ2n) is 5.65. The van der Waals surface area contributed by atoms with Gasteiger partial charge in [-0.1, -0.05) is 11.8 Å². The second-order valence-corrected chi connectivity index (χ2v) is 5.65. The Balaban J connectivity index is 2.29. The summed E-state index contributed by atoms with van der Waals surface area (Å²) in [5.74, 6) is 5.26. The molecule has 0 aliphatic carbocycles. The number of nitrogens with two attached hydrogens (primary N) is 1. The molecule has 0 spiro atoms. The van der Waals surface area contributed by atoms with Crippen LogP contribution in [0.1, 0.15) is 28.8 Å². The van der Waals surface area contributed by atoms with E-state index in [1.54, 1.807) is 30.1 Å². The van der Waals surface area contributed by atoms with Gasteiger partial charge in [0.2, 0.25) is 5.91 Å². The molecule has 0 saturated carbocycles. The van der Waals surface area contributed by atoms with E-state index in [0.717, 1.165) is 25.9 Å². The Morgan fingerprint density at radius 3 is 2.71 bits per heavy atom. The van der Waals surface area contributed by atoms with Crippen LogP contribution in [0.3, 0.4) is 0 Å². The number of carbonyl (C=O) groups is 2. The molecule has 6 heteroatoms. The van der Waals surface area contributed by atoms with E-state index in [2.05, 4.69) is 17.2 Å². The molecule has 1 aromatic rings. The van der Waals surface area contributed by atoms with Crippen LogP contribution >= 0.6 is 0 Å². The molecule has 1 fully saturated rings. The minimum atomic E-state index is -0.463. The van der Waals surface area contributed by atoms with Crippen LogP contribution in [0.15, 0.2) is 18.2 Å². The summed E-state index contributed by atoms with van der Waals surface area (Å²) >= 11 is 0. The van der Waals surface area contributed by atoms with Crippen LogP contribution in [0, 0.1) is 17.8 Å². The van der Waals surface area contributed by atoms with Crippen LogP contribution in [0.25, 0.3) is 0 Å². The Morgan fingerprint density at radius 2 is 2.08 bits per heavy atom. The van der Waals surface area contributed by atoms with Gasteiger partial charge in [-0.15, -0.1) is 0 Å². The molecular weight excluding hydrogens is 306 g/mol. The first-order valence-corrected chi connectivity index (χ1v) is 7.98. The number of nitrogens with zero attached hydrogens (tertiary/aromatic N) is 1. The highest BCUT2D eigenvalue weighted by molar-refractivity contribution is 5.97. The van der Waals surface area contributed by atoms with Crippen molar-refractivity contribution < 1.29 is 14.3 Å². The minimum Gasteiger partial charge on any atom is -0.465 e. The van der Waals surface area contributed by atoms with Crippen molar-refractivity contribution in [2.24, 2.45) is 11.7 Å². The van der Waals surface area contributed by atoms with Crippen molar-refractivity contribution in [3.8, 4) is 11.8 Å². The number of hydrogen-bond acceptors (Lipinski definition) is 5. The molecule has 1 saturated heterocycles. The summed E-state index contributed by atoms with van der Waals surface area (Å²) in [6, 6.07) is 5.10. The van der Waals surface area contributed by atoms with Crippen LogP contribution in [0.4, 0.5) is 5.69 Å². The SMILES string of the molecule is COC(=O)c1ccc(N(C)C(=O)C2CCNCC2)cc1C#CCN. The highest BCUT2D eigenvalue weighted by Crippen LogP contribution is 2.23. The Bertz CT molecular complexity index is 670. The first kappa shape index (κ1) is 18.0. The largest absolute Gasteiger partial charge is 0.465 e. The molecule has 0 bridgehead atoms. The van der Waals surface area contributed by atoms with Crippen LogP contribution in [0.5, 0.6) is 0 Å². The lowest BCUT2D eigenvalue weighted by atomic mass is 9.96. The van der Waals surface area contributed by atoms with E-state index in [4.69, 9.17) is 10.5 Å². The van der Waals surface area contributed by atoms with E-state index < -0.39 is 5.97 Å². The number of carbonyl (C=O) groups excluding carboxylic acids is 2. The zero-order chi connectivity index (χ0) is 17.5. The van der Waals surface area contributed by atoms with Gasteiger partial charge in [-0.05, 0) is 44.1 Å². The smallest absolute Gasteiger partial charge is 0.339 e. The number of piperidine rings is 1. The fourth-order valence-electron chi connectivity index (χ4n) is 2.75. The van der Waals surface area contributed by atoms with E-state index in [9.17, 15) is 9.59 Å². The van der Waals surface area contributed by atoms with Gasteiger partial charge in [0.05, 0.1) is 19.2 Å². The van der Waals surface area contributed by atoms with Gasteiger partial charge in [-0.2, -0.15) is 0 Å². The van der Waals surface area contributed by atoms with Gasteiger partial charge in [-0.25, -0.2) is 4.79 Å². The molecule has 0 unspecified atom stereocenters. The zero-order valence-electron chi connectivity index (χ0n) is 14.1. The lowest BCUT2D eigenvalue weighted by molar-refractivity contribution is -0.122. The normalized spacial score (nSPS) is 14.5. The molecule has 1 amide bonds. The van der Waals surface area contributed by atoms with Gasteiger partial charge in [0.15, 0.2) is 0 Å². The van der Waals surface area contributed by atoms with Gasteiger partial charge in [0.25, 0.3) is 0 Å². The summed E-state index contributed by atoms with van der Waals surface area (Å²) in [5.41, 5.74) is 6.99. The van der Waals surface area contributed by atoms with Crippen molar-refractivity contribution in [3.63, 3.8) is 0 Å². The fourth-order valence-corrected chi connectivity index (χ4v) is 2.75. The Labute approximate surface area is 142 Å². The maximum absolute atomic E-state index is 12.6. The lowest BCUT2D eigenvalue weighted by Gasteiger charge is -2.27. The summed E-state index contributed by atoms with van der Waals surface area (Å²) in [7, 11) is 3.07. The van der Waals surface area contributed by atoms with Gasteiger partial charge in [0, 0.05) is 24.2 Å². The van der Waals surface area contributed by atoms with Crippen molar-refractivity contribution in [2.45, 2.75) is 12.8 Å². The van der Waals surface area contributed by atoms with Crippen LogP contribution in [-0.2, 0) is 9.53 Å². The highest BCUT2D eigenvalue weighted by Gasteiger charge is 2.25. The van der Waals surface area contributed by atoms with Crippen molar-refractivity contribution in [3.05, 3.63) is 29.3 Å². The molecule has 3 N–H and O–H groups in total. The first-order chi connectivity index (χ1) is 11.6. The third-order valence-corrected chi connectivity index (χ3v) is 4.14. The maximum atomic E-state index is 12.6. The number of nitrogens with one attached hydrogen (secondary N) is 1. The van der Waals surface area contributed by atoms with Crippen molar-refractivity contribution in [1.82, 2.24) is 5.32 Å². The second kappa shape index (κ2) is 8.48. The van der Waals surface area contributed by atoms with Gasteiger partial charge < -0.3 is 20.7 Å². The summed E-state index contributed by atoms with van der Waals surface area (Å²) < 4.78 is 4.77. The standard InChI is InChI=1S/C18H23N3O3/c1-21(17(22)13-7-10-20-11-8-13)15-5-6-16(18(23)24-2)14(12-15)4-3-9-19/h5-6,12-13,20H,7-11,19H2,1-2H3. The van der Waals surface area contributed by atoms with E-state index in [1.165, 1.54) is 7.11 Å². The topological polar surface area (TPSA) is 84.7 Å². The monoisotopic (exact) mass is 329 g/mol. The molecule has 0 atom stereocenters. The zero-order valence-corrected chi connectivity index (χ0v) is 14.1. The van der Waals surface area contributed by atoms with Crippen LogP contribution < -0.4 is 16.0 Å². The highest BCUT2D eigenvalue weighted by atomic mass is 16.5. The fraction of sp³-hybridized carbons (Fsp3) is 0.444. The molecule has 1 heterocycles. The number of amides is 1. The third kappa shape index (κ3) is 4.13. The third-order valence-electron chi connectivity index (χ3n) is 4.14. The summed E-state index contributed by atoms with van der Waals surface area (Å²) in [4.78, 5) is 26.1. The predicted molar refractivity (Wildman–Crippen MR) is 92.7 cm³/mol. The number of rotatable bonds is 3. The summed E-state index contributed by atoms with van der Waals surface area (Å²) in [6.45, 7) is 1.91. The molecule has 24 heavy (non-hydrogen) atoms. The molecule has 0 aromatic heterocycles. The minimum absolute atomic E-state index is 0.0232. The number of esters is 1. The van der Waals surface area contributed by atoms with Crippen molar-refractivity contribution in [1.29, 1.82) is 0 Å². The average molecular weight is 329 g/mol. The molecule has 1 aliphatic heterocycles. The van der Waals surface area contributed by atoms with Gasteiger partial charge in [-0.3, -0.25) is 4.79 Å². The lowest BCUT2D eigenvalue weighted by Crippen LogP contribution is -2.39. The predicted octanol–water partition coefficient (Wildman–Crippen LogP) is 0.746. The number of ether oxygens (including phenoxy) is 1. The van der Waals surface area contributed by atoms with E-state index in [-0.39, 0.29) is 18.4 Å². The Hall–Kier alpha value is -2.36. The number of methoxy groups -OCH3 is 1. The molecule has 2 rings (SSSR count). The van der Waals surface area contributed by atoms with Crippen molar-refractivity contribution in [2.75, 3.05) is 38.7 Å². The van der Waals surface area contributed by atoms with Gasteiger partial charge >= 0.3 is 5.97 Å². The molecular formula is C18H23N3O3. The average Bonchev–Trinajstić information content (AvgIpc) is 2.65. The number of anilines is 1. The van der Waals surface area contributed by atoms with E-state index in [0.29, 0.717) is 16.8 Å². The van der Waals surface area contributed by atoms with E-state index >= 15 is 0 Å². The molecule has 1 aliphatic rings. The molecule has 128 valence electrons. The van der Waals surface area contributed by atoms with Crippen LogP contribution in [0.2, 0.25) is 0 Å². The molecule has 6 nitrogen and oxygen atoms in total. The van der Waals surface area contributed by atoms with E-state index in [1.807, 2.05) is 0 Å². The maximum Gasteiger partial charge on any atom is 0.339 e. The Morgan fingerprint density at radius 1 is 1.38 bits per heavy atom. The first-order valence-electron chi connectivity index (χ1n) is 7.98. The van der Waals surface area contributed by atoms with Crippen LogP contribution in [-0.4, -0.2) is 45.7 Å². The molecule has 1 aromatic carbocycles. The molecule has 0 radical (unpaired) electrons. The Kier molecular flexibility index (Phi) is 6.36. The number of benzene rings is 1. The summed E-state index contributed by atoms with van der Waals surface area (Å²) in [5, 5.41) is 3.25.